The van der Waals surface area contributed by atoms with Crippen LogP contribution in [0.1, 0.15) is 13.3 Å². The summed E-state index contributed by atoms with van der Waals surface area (Å²) in [7, 11) is 0. The first kappa shape index (κ1) is 12.6. The largest absolute Gasteiger partial charge is 0.367 e. The molecule has 0 radical (unpaired) electrons. The summed E-state index contributed by atoms with van der Waals surface area (Å²) in [6.45, 7) is 3.75. The van der Waals surface area contributed by atoms with E-state index >= 15 is 0 Å². The third-order valence-electron chi connectivity index (χ3n) is 3.04. The van der Waals surface area contributed by atoms with Crippen molar-refractivity contribution in [2.75, 3.05) is 18.0 Å². The maximum absolute atomic E-state index is 13.3. The molecule has 2 heteroatoms. The van der Waals surface area contributed by atoms with Crippen LogP contribution in [0, 0.1) is 5.82 Å². The third-order valence-corrected chi connectivity index (χ3v) is 3.04. The van der Waals surface area contributed by atoms with Crippen LogP contribution < -0.4 is 4.90 Å². The van der Waals surface area contributed by atoms with E-state index in [1.807, 2.05) is 13.0 Å². The molecule has 0 aromatic heterocycles. The Morgan fingerprint density at radius 1 is 1.28 bits per heavy atom. The van der Waals surface area contributed by atoms with Gasteiger partial charge in [0, 0.05) is 18.8 Å². The lowest BCUT2D eigenvalue weighted by Crippen LogP contribution is -2.26. The monoisotopic (exact) mass is 243 g/mol. The zero-order valence-corrected chi connectivity index (χ0v) is 10.6. The summed E-state index contributed by atoms with van der Waals surface area (Å²) in [4.78, 5) is 2.21. The molecule has 0 saturated heterocycles. The summed E-state index contributed by atoms with van der Waals surface area (Å²) >= 11 is 0. The van der Waals surface area contributed by atoms with Crippen LogP contribution in [-0.4, -0.2) is 13.1 Å². The second kappa shape index (κ2) is 6.20. The molecule has 0 atom stereocenters. The first-order chi connectivity index (χ1) is 8.79. The number of hydrogen-bond acceptors (Lipinski definition) is 1. The summed E-state index contributed by atoms with van der Waals surface area (Å²) in [5.74, 6) is -0.180. The number of rotatable bonds is 1. The van der Waals surface area contributed by atoms with E-state index in [4.69, 9.17) is 0 Å². The van der Waals surface area contributed by atoms with Gasteiger partial charge in [0.1, 0.15) is 5.82 Å². The van der Waals surface area contributed by atoms with Crippen LogP contribution in [0.3, 0.4) is 0 Å². The van der Waals surface area contributed by atoms with Gasteiger partial charge in [-0.25, -0.2) is 4.39 Å². The molecule has 1 aliphatic rings. The molecule has 1 aromatic rings. The maximum atomic E-state index is 13.3. The molecular formula is C16H18FN. The van der Waals surface area contributed by atoms with Gasteiger partial charge in [0.05, 0.1) is 0 Å². The molecule has 2 rings (SSSR count). The van der Waals surface area contributed by atoms with Crippen molar-refractivity contribution < 1.29 is 4.39 Å². The Labute approximate surface area is 108 Å². The van der Waals surface area contributed by atoms with Crippen LogP contribution in [-0.2, 0) is 0 Å². The van der Waals surface area contributed by atoms with Crippen LogP contribution in [0.15, 0.2) is 60.2 Å². The Morgan fingerprint density at radius 2 is 2.17 bits per heavy atom. The molecule has 0 unspecified atom stereocenters. The van der Waals surface area contributed by atoms with E-state index in [1.165, 1.54) is 11.6 Å². The van der Waals surface area contributed by atoms with Crippen molar-refractivity contribution in [3.8, 4) is 0 Å². The van der Waals surface area contributed by atoms with Gasteiger partial charge in [-0.15, -0.1) is 0 Å². The van der Waals surface area contributed by atoms with Gasteiger partial charge < -0.3 is 4.90 Å². The molecular weight excluding hydrogens is 225 g/mol. The van der Waals surface area contributed by atoms with Gasteiger partial charge in [-0.1, -0.05) is 36.4 Å². The van der Waals surface area contributed by atoms with Crippen molar-refractivity contribution in [1.29, 1.82) is 0 Å². The van der Waals surface area contributed by atoms with Crippen LogP contribution in [0.2, 0.25) is 0 Å². The minimum atomic E-state index is -0.180. The van der Waals surface area contributed by atoms with Gasteiger partial charge in [0.2, 0.25) is 0 Å². The van der Waals surface area contributed by atoms with E-state index in [0.29, 0.717) is 0 Å². The lowest BCUT2D eigenvalue weighted by Gasteiger charge is -2.24. The number of nitrogens with zero attached hydrogens (tertiary/aromatic N) is 1. The summed E-state index contributed by atoms with van der Waals surface area (Å²) in [6, 6.07) is 6.80. The Morgan fingerprint density at radius 3 is 2.94 bits per heavy atom. The van der Waals surface area contributed by atoms with Gasteiger partial charge in [-0.2, -0.15) is 0 Å². The lowest BCUT2D eigenvalue weighted by atomic mass is 10.2. The maximum Gasteiger partial charge on any atom is 0.125 e. The second-order valence-corrected chi connectivity index (χ2v) is 4.34. The number of anilines is 1. The van der Waals surface area contributed by atoms with E-state index in [-0.39, 0.29) is 5.82 Å². The molecule has 0 saturated carbocycles. The lowest BCUT2D eigenvalue weighted by molar-refractivity contribution is 0.626. The predicted octanol–water partition coefficient (Wildman–Crippen LogP) is 4.09. The molecule has 0 aliphatic carbocycles. The fourth-order valence-electron chi connectivity index (χ4n) is 2.02. The van der Waals surface area contributed by atoms with Gasteiger partial charge in [0.25, 0.3) is 0 Å². The fourth-order valence-corrected chi connectivity index (χ4v) is 2.02. The number of allylic oxidation sites excluding steroid dienone is 3. The van der Waals surface area contributed by atoms with Crippen LogP contribution >= 0.6 is 0 Å². The quantitative estimate of drug-likeness (QED) is 0.718. The van der Waals surface area contributed by atoms with E-state index in [0.717, 1.165) is 25.2 Å². The Balaban J connectivity index is 2.25. The van der Waals surface area contributed by atoms with Crippen molar-refractivity contribution in [2.24, 2.45) is 0 Å². The smallest absolute Gasteiger partial charge is 0.125 e. The Bertz CT molecular complexity index is 486. The predicted molar refractivity (Wildman–Crippen MR) is 75.3 cm³/mol. The molecule has 94 valence electrons. The highest BCUT2D eigenvalue weighted by Crippen LogP contribution is 2.18. The van der Waals surface area contributed by atoms with Crippen LogP contribution in [0.25, 0.3) is 0 Å². The summed E-state index contributed by atoms with van der Waals surface area (Å²) in [5.41, 5.74) is 2.18. The standard InChI is InChI=1S/C16H18FN/c1-2-14-8-5-3-4-6-11-18(13-14)16-10-7-9-15(17)12-16/h2-5,7-10,12H,6,11,13H2,1H3/b4-3+,8-5-,14-2-. The van der Waals surface area contributed by atoms with Gasteiger partial charge in [-0.3, -0.25) is 0 Å². The van der Waals surface area contributed by atoms with Gasteiger partial charge in [-0.05, 0) is 37.1 Å². The topological polar surface area (TPSA) is 3.24 Å². The fraction of sp³-hybridized carbons (Fsp3) is 0.250. The molecule has 1 aliphatic heterocycles. The molecule has 0 spiro atoms. The molecule has 0 fully saturated rings. The van der Waals surface area contributed by atoms with Gasteiger partial charge >= 0.3 is 0 Å². The molecule has 0 amide bonds. The Kier molecular flexibility index (Phi) is 4.35. The number of hydrogen-bond donors (Lipinski definition) is 0. The average Bonchev–Trinajstić information content (AvgIpc) is 2.50. The highest BCUT2D eigenvalue weighted by molar-refractivity contribution is 5.49. The zero-order valence-electron chi connectivity index (χ0n) is 10.6. The van der Waals surface area contributed by atoms with Crippen molar-refractivity contribution in [3.05, 3.63) is 66.0 Å². The molecule has 1 nitrogen and oxygen atoms in total. The zero-order chi connectivity index (χ0) is 12.8. The Hall–Kier alpha value is -1.83. The highest BCUT2D eigenvalue weighted by Gasteiger charge is 2.08. The number of benzene rings is 1. The summed E-state index contributed by atoms with van der Waals surface area (Å²) in [5, 5.41) is 0. The van der Waals surface area contributed by atoms with E-state index in [9.17, 15) is 4.39 Å². The van der Waals surface area contributed by atoms with Crippen LogP contribution in [0.4, 0.5) is 10.1 Å². The molecule has 1 aromatic carbocycles. The molecule has 1 heterocycles. The van der Waals surface area contributed by atoms with Crippen molar-refractivity contribution in [1.82, 2.24) is 0 Å². The van der Waals surface area contributed by atoms with Crippen molar-refractivity contribution >= 4 is 5.69 Å². The third kappa shape index (κ3) is 3.33. The second-order valence-electron chi connectivity index (χ2n) is 4.34. The minimum absolute atomic E-state index is 0.180. The number of halogens is 1. The normalized spacial score (nSPS) is 22.1. The first-order valence-electron chi connectivity index (χ1n) is 6.28. The van der Waals surface area contributed by atoms with Gasteiger partial charge in [0.15, 0.2) is 0 Å². The van der Waals surface area contributed by atoms with Crippen LogP contribution in [0.5, 0.6) is 0 Å². The van der Waals surface area contributed by atoms with E-state index in [1.54, 1.807) is 12.1 Å². The van der Waals surface area contributed by atoms with Crippen molar-refractivity contribution in [3.63, 3.8) is 0 Å². The van der Waals surface area contributed by atoms with E-state index < -0.39 is 0 Å². The average molecular weight is 243 g/mol. The molecule has 0 N–H and O–H groups in total. The van der Waals surface area contributed by atoms with E-state index in [2.05, 4.69) is 35.3 Å². The molecule has 0 bridgehead atoms. The minimum Gasteiger partial charge on any atom is -0.367 e. The molecule has 18 heavy (non-hydrogen) atoms. The SMILES string of the molecule is C/C=C1/C=C\C=C\CCN(c2cccc(F)c2)C1. The van der Waals surface area contributed by atoms with Crippen molar-refractivity contribution in [2.45, 2.75) is 13.3 Å². The summed E-state index contributed by atoms with van der Waals surface area (Å²) in [6.07, 6.45) is 11.4. The first-order valence-corrected chi connectivity index (χ1v) is 6.28. The summed E-state index contributed by atoms with van der Waals surface area (Å²) < 4.78 is 13.3. The highest BCUT2D eigenvalue weighted by atomic mass is 19.1.